The van der Waals surface area contributed by atoms with Gasteiger partial charge in [-0.05, 0) is 41.1 Å². The molecule has 1 heterocycles. The minimum absolute atomic E-state index is 0.0999. The molecule has 1 unspecified atom stereocenters. The number of ether oxygens (including phenoxy) is 2. The lowest BCUT2D eigenvalue weighted by molar-refractivity contribution is -0.143. The summed E-state index contributed by atoms with van der Waals surface area (Å²) in [5.41, 5.74) is 0.296. The molecule has 2 aromatic rings. The van der Waals surface area contributed by atoms with Gasteiger partial charge in [0.1, 0.15) is 16.1 Å². The van der Waals surface area contributed by atoms with Gasteiger partial charge in [-0.2, -0.15) is 0 Å². The second-order valence-electron chi connectivity index (χ2n) is 5.25. The van der Waals surface area contributed by atoms with Crippen LogP contribution >= 0.6 is 15.9 Å². The summed E-state index contributed by atoms with van der Waals surface area (Å²) in [5, 5.41) is 2.64. The van der Waals surface area contributed by atoms with E-state index in [9.17, 15) is 14.0 Å². The van der Waals surface area contributed by atoms with Crippen LogP contribution in [0.3, 0.4) is 0 Å². The predicted molar refractivity (Wildman–Crippen MR) is 96.3 cm³/mol. The second kappa shape index (κ2) is 9.28. The molecule has 26 heavy (non-hydrogen) atoms. The molecule has 138 valence electrons. The maximum absolute atomic E-state index is 14.1. The Kier molecular flexibility index (Phi) is 7.08. The van der Waals surface area contributed by atoms with Crippen LogP contribution in [0, 0.1) is 5.82 Å². The lowest BCUT2D eigenvalue weighted by atomic mass is 10.0. The normalized spacial score (nSPS) is 11.5. The van der Waals surface area contributed by atoms with Crippen molar-refractivity contribution in [2.45, 2.75) is 19.4 Å². The van der Waals surface area contributed by atoms with Crippen molar-refractivity contribution in [1.82, 2.24) is 10.3 Å². The molecule has 0 fully saturated rings. The number of methoxy groups -OCH3 is 1. The van der Waals surface area contributed by atoms with E-state index in [-0.39, 0.29) is 24.3 Å². The lowest BCUT2D eigenvalue weighted by Crippen LogP contribution is -2.31. The van der Waals surface area contributed by atoms with Gasteiger partial charge in [-0.1, -0.05) is 18.2 Å². The summed E-state index contributed by atoms with van der Waals surface area (Å²) in [6.45, 7) is 1.87. The van der Waals surface area contributed by atoms with Gasteiger partial charge in [-0.25, -0.2) is 9.37 Å². The Morgan fingerprint density at radius 2 is 2.00 bits per heavy atom. The van der Waals surface area contributed by atoms with Gasteiger partial charge in [0.05, 0.1) is 26.2 Å². The van der Waals surface area contributed by atoms with Crippen LogP contribution in [0.1, 0.15) is 35.4 Å². The molecule has 0 bridgehead atoms. The Balaban J connectivity index is 2.25. The van der Waals surface area contributed by atoms with Crippen molar-refractivity contribution in [2.75, 3.05) is 13.7 Å². The molecule has 1 amide bonds. The standard InChI is InChI=1S/C18H18BrFN2O4/c1-3-26-16(23)10-14(11-6-4-5-7-12(11)20)22-18(24)13-8-9-15(25-2)17(19)21-13/h4-9,14H,3,10H2,1-2H3,(H,22,24). The van der Waals surface area contributed by atoms with Crippen LogP contribution in [0.15, 0.2) is 41.0 Å². The van der Waals surface area contributed by atoms with E-state index in [1.165, 1.54) is 31.4 Å². The van der Waals surface area contributed by atoms with Crippen LogP contribution in [-0.2, 0) is 9.53 Å². The first-order chi connectivity index (χ1) is 12.5. The quantitative estimate of drug-likeness (QED) is 0.544. The number of pyridine rings is 1. The molecule has 1 aromatic carbocycles. The van der Waals surface area contributed by atoms with Crippen molar-refractivity contribution in [3.63, 3.8) is 0 Å². The number of hydrogen-bond acceptors (Lipinski definition) is 5. The Morgan fingerprint density at radius 1 is 1.27 bits per heavy atom. The molecule has 8 heteroatoms. The van der Waals surface area contributed by atoms with Crippen molar-refractivity contribution < 1.29 is 23.5 Å². The molecule has 1 atom stereocenters. The number of rotatable bonds is 7. The molecule has 6 nitrogen and oxygen atoms in total. The van der Waals surface area contributed by atoms with Crippen LogP contribution in [0.2, 0.25) is 0 Å². The number of hydrogen-bond donors (Lipinski definition) is 1. The molecule has 1 aromatic heterocycles. The first kappa shape index (κ1) is 19.8. The summed E-state index contributed by atoms with van der Waals surface area (Å²) in [5.74, 6) is -1.14. The summed E-state index contributed by atoms with van der Waals surface area (Å²) >= 11 is 3.21. The van der Waals surface area contributed by atoms with E-state index in [0.29, 0.717) is 10.4 Å². The number of esters is 1. The average Bonchev–Trinajstić information content (AvgIpc) is 2.61. The van der Waals surface area contributed by atoms with Crippen molar-refractivity contribution >= 4 is 27.8 Å². The third kappa shape index (κ3) is 5.01. The number of nitrogens with zero attached hydrogens (tertiary/aromatic N) is 1. The molecular formula is C18H18BrFN2O4. The third-order valence-electron chi connectivity index (χ3n) is 3.53. The van der Waals surface area contributed by atoms with Gasteiger partial charge in [0, 0.05) is 5.56 Å². The van der Waals surface area contributed by atoms with E-state index in [4.69, 9.17) is 9.47 Å². The van der Waals surface area contributed by atoms with E-state index in [2.05, 4.69) is 26.2 Å². The molecule has 0 aliphatic carbocycles. The fraction of sp³-hybridized carbons (Fsp3) is 0.278. The zero-order valence-corrected chi connectivity index (χ0v) is 15.9. The summed E-state index contributed by atoms with van der Waals surface area (Å²) in [4.78, 5) is 28.5. The van der Waals surface area contributed by atoms with E-state index in [0.717, 1.165) is 0 Å². The lowest BCUT2D eigenvalue weighted by Gasteiger charge is -2.19. The first-order valence-electron chi connectivity index (χ1n) is 7.87. The highest BCUT2D eigenvalue weighted by molar-refractivity contribution is 9.10. The first-order valence-corrected chi connectivity index (χ1v) is 8.67. The Morgan fingerprint density at radius 3 is 2.62 bits per heavy atom. The highest BCUT2D eigenvalue weighted by Gasteiger charge is 2.23. The number of carbonyl (C=O) groups excluding carboxylic acids is 2. The van der Waals surface area contributed by atoms with E-state index >= 15 is 0 Å². The fourth-order valence-corrected chi connectivity index (χ4v) is 2.80. The van der Waals surface area contributed by atoms with Gasteiger partial charge >= 0.3 is 5.97 Å². The highest BCUT2D eigenvalue weighted by Crippen LogP contribution is 2.24. The number of nitrogens with one attached hydrogen (secondary N) is 1. The molecule has 2 rings (SSSR count). The highest BCUT2D eigenvalue weighted by atomic mass is 79.9. The molecule has 1 N–H and O–H groups in total. The maximum Gasteiger partial charge on any atom is 0.308 e. The zero-order valence-electron chi connectivity index (χ0n) is 14.3. The summed E-state index contributed by atoms with van der Waals surface area (Å²) in [7, 11) is 1.48. The van der Waals surface area contributed by atoms with Crippen LogP contribution < -0.4 is 10.1 Å². The number of amides is 1. The second-order valence-corrected chi connectivity index (χ2v) is 6.00. The number of aromatic nitrogens is 1. The van der Waals surface area contributed by atoms with E-state index in [1.54, 1.807) is 19.1 Å². The minimum atomic E-state index is -0.884. The van der Waals surface area contributed by atoms with Gasteiger partial charge in [0.2, 0.25) is 0 Å². The van der Waals surface area contributed by atoms with E-state index in [1.807, 2.05) is 0 Å². The summed E-state index contributed by atoms with van der Waals surface area (Å²) < 4.78 is 24.5. The molecule has 0 aliphatic rings. The van der Waals surface area contributed by atoms with Gasteiger partial charge in [-0.3, -0.25) is 9.59 Å². The van der Waals surface area contributed by atoms with Gasteiger partial charge in [-0.15, -0.1) is 0 Å². The van der Waals surface area contributed by atoms with Crippen LogP contribution in [0.5, 0.6) is 5.75 Å². The zero-order chi connectivity index (χ0) is 19.1. The van der Waals surface area contributed by atoms with Crippen molar-refractivity contribution in [2.24, 2.45) is 0 Å². The smallest absolute Gasteiger partial charge is 0.308 e. The van der Waals surface area contributed by atoms with Gasteiger partial charge in [0.15, 0.2) is 5.75 Å². The Hall–Kier alpha value is -2.48. The van der Waals surface area contributed by atoms with Crippen molar-refractivity contribution in [3.8, 4) is 5.75 Å². The van der Waals surface area contributed by atoms with E-state index < -0.39 is 23.7 Å². The van der Waals surface area contributed by atoms with Crippen LogP contribution in [0.4, 0.5) is 4.39 Å². The molecule has 0 saturated heterocycles. The molecular weight excluding hydrogens is 407 g/mol. The largest absolute Gasteiger partial charge is 0.494 e. The minimum Gasteiger partial charge on any atom is -0.494 e. The number of benzene rings is 1. The number of carbonyl (C=O) groups is 2. The number of halogens is 2. The topological polar surface area (TPSA) is 77.5 Å². The SMILES string of the molecule is CCOC(=O)CC(NC(=O)c1ccc(OC)c(Br)n1)c1ccccc1F. The molecule has 0 radical (unpaired) electrons. The van der Waals surface area contributed by atoms with Gasteiger partial charge < -0.3 is 14.8 Å². The summed E-state index contributed by atoms with van der Waals surface area (Å²) in [6.07, 6.45) is -0.197. The molecule has 0 spiro atoms. The van der Waals surface area contributed by atoms with Crippen molar-refractivity contribution in [3.05, 3.63) is 58.1 Å². The molecule has 0 aliphatic heterocycles. The third-order valence-corrected chi connectivity index (χ3v) is 4.10. The Bertz CT molecular complexity index is 801. The monoisotopic (exact) mass is 424 g/mol. The fourth-order valence-electron chi connectivity index (χ4n) is 2.32. The van der Waals surface area contributed by atoms with Crippen LogP contribution in [0.25, 0.3) is 0 Å². The maximum atomic E-state index is 14.1. The van der Waals surface area contributed by atoms with Gasteiger partial charge in [0.25, 0.3) is 5.91 Å². The molecule has 0 saturated carbocycles. The van der Waals surface area contributed by atoms with Crippen molar-refractivity contribution in [1.29, 1.82) is 0 Å². The van der Waals surface area contributed by atoms with Crippen LogP contribution in [-0.4, -0.2) is 30.6 Å². The predicted octanol–water partition coefficient (Wildman–Crippen LogP) is 3.42. The average molecular weight is 425 g/mol. The summed E-state index contributed by atoms with van der Waals surface area (Å²) in [6, 6.07) is 8.11. The Labute approximate surface area is 158 Å².